The fourth-order valence-electron chi connectivity index (χ4n) is 1.99. The number of alkyl halides is 3. The van der Waals surface area contributed by atoms with Crippen molar-refractivity contribution in [2.75, 3.05) is 11.5 Å². The molecular formula is C13H21F3N4. The van der Waals surface area contributed by atoms with E-state index in [1.54, 1.807) is 0 Å². The highest BCUT2D eigenvalue weighted by atomic mass is 19.4. The molecule has 0 atom stereocenters. The number of anilines is 2. The Kier molecular flexibility index (Phi) is 5.64. The van der Waals surface area contributed by atoms with Gasteiger partial charge >= 0.3 is 6.18 Å². The minimum absolute atomic E-state index is 0.0160. The van der Waals surface area contributed by atoms with E-state index in [4.69, 9.17) is 22.9 Å². The number of nitrogens with two attached hydrogens (primary N) is 4. The standard InChI is InChI=1S/C7H7F3N2.C6H14N2/c8-7(9,10)4-1-5(11)3-6(12)2-4;7-5-1-2-6(8)4-3-5/h1-3H,11-12H2;5-6H,1-4,7-8H2. The van der Waals surface area contributed by atoms with E-state index in [1.807, 2.05) is 0 Å². The van der Waals surface area contributed by atoms with Crippen LogP contribution < -0.4 is 22.9 Å². The van der Waals surface area contributed by atoms with Gasteiger partial charge in [-0.15, -0.1) is 0 Å². The fourth-order valence-corrected chi connectivity index (χ4v) is 1.99. The van der Waals surface area contributed by atoms with Gasteiger partial charge in [0.2, 0.25) is 0 Å². The molecule has 0 aromatic heterocycles. The van der Waals surface area contributed by atoms with Gasteiger partial charge in [-0.2, -0.15) is 13.2 Å². The monoisotopic (exact) mass is 290 g/mol. The van der Waals surface area contributed by atoms with Crippen LogP contribution in [0.5, 0.6) is 0 Å². The number of hydrogen-bond acceptors (Lipinski definition) is 4. The Balaban J connectivity index is 0.000000217. The topological polar surface area (TPSA) is 104 Å². The number of nitrogen functional groups attached to an aromatic ring is 2. The molecule has 1 aromatic carbocycles. The molecule has 0 saturated heterocycles. The Morgan fingerprint density at radius 1 is 0.800 bits per heavy atom. The van der Waals surface area contributed by atoms with Crippen LogP contribution in [0.3, 0.4) is 0 Å². The normalized spacial score (nSPS) is 22.9. The Morgan fingerprint density at radius 3 is 1.45 bits per heavy atom. The summed E-state index contributed by atoms with van der Waals surface area (Å²) in [6.45, 7) is 0. The molecule has 0 spiro atoms. The predicted octanol–water partition coefficient (Wildman–Crippen LogP) is 2.08. The summed E-state index contributed by atoms with van der Waals surface area (Å²) < 4.78 is 36.1. The second kappa shape index (κ2) is 6.81. The Morgan fingerprint density at radius 2 is 1.15 bits per heavy atom. The lowest BCUT2D eigenvalue weighted by Gasteiger charge is -2.22. The smallest absolute Gasteiger partial charge is 0.399 e. The summed E-state index contributed by atoms with van der Waals surface area (Å²) >= 11 is 0. The second-order valence-electron chi connectivity index (χ2n) is 5.06. The molecule has 0 amide bonds. The van der Waals surface area contributed by atoms with Gasteiger partial charge in [0, 0.05) is 23.5 Å². The van der Waals surface area contributed by atoms with Crippen molar-refractivity contribution in [3.05, 3.63) is 23.8 Å². The number of rotatable bonds is 0. The summed E-state index contributed by atoms with van der Waals surface area (Å²) in [7, 11) is 0. The molecule has 7 heteroatoms. The van der Waals surface area contributed by atoms with Crippen LogP contribution in [0.2, 0.25) is 0 Å². The van der Waals surface area contributed by atoms with Crippen molar-refractivity contribution in [3.63, 3.8) is 0 Å². The molecule has 1 aromatic rings. The largest absolute Gasteiger partial charge is 0.416 e. The molecule has 2 rings (SSSR count). The molecule has 0 radical (unpaired) electrons. The number of benzene rings is 1. The van der Waals surface area contributed by atoms with Gasteiger partial charge < -0.3 is 22.9 Å². The molecule has 1 aliphatic rings. The van der Waals surface area contributed by atoms with Crippen molar-refractivity contribution in [1.82, 2.24) is 0 Å². The van der Waals surface area contributed by atoms with Crippen LogP contribution >= 0.6 is 0 Å². The first-order valence-corrected chi connectivity index (χ1v) is 6.43. The molecule has 8 N–H and O–H groups in total. The van der Waals surface area contributed by atoms with Crippen molar-refractivity contribution in [1.29, 1.82) is 0 Å². The van der Waals surface area contributed by atoms with Crippen molar-refractivity contribution >= 4 is 11.4 Å². The minimum atomic E-state index is -4.39. The Bertz CT molecular complexity index is 396. The van der Waals surface area contributed by atoms with E-state index in [9.17, 15) is 13.2 Å². The molecule has 0 unspecified atom stereocenters. The zero-order valence-electron chi connectivity index (χ0n) is 11.2. The van der Waals surface area contributed by atoms with Gasteiger partial charge in [-0.05, 0) is 43.9 Å². The summed E-state index contributed by atoms with van der Waals surface area (Å²) in [5.74, 6) is 0. The maximum absolute atomic E-state index is 12.0. The molecule has 0 bridgehead atoms. The highest BCUT2D eigenvalue weighted by Crippen LogP contribution is 2.31. The molecule has 20 heavy (non-hydrogen) atoms. The summed E-state index contributed by atoms with van der Waals surface area (Å²) in [6.07, 6.45) is 0.119. The lowest BCUT2D eigenvalue weighted by Crippen LogP contribution is -2.33. The molecule has 0 heterocycles. The molecule has 1 saturated carbocycles. The van der Waals surface area contributed by atoms with Crippen LogP contribution in [-0.2, 0) is 6.18 Å². The third-order valence-electron chi connectivity index (χ3n) is 3.12. The van der Waals surface area contributed by atoms with E-state index in [0.717, 1.165) is 37.8 Å². The number of hydrogen-bond donors (Lipinski definition) is 4. The van der Waals surface area contributed by atoms with Gasteiger partial charge in [0.1, 0.15) is 0 Å². The van der Waals surface area contributed by atoms with Gasteiger partial charge in [-0.25, -0.2) is 0 Å². The molecule has 1 aliphatic carbocycles. The third kappa shape index (κ3) is 5.66. The van der Waals surface area contributed by atoms with E-state index in [2.05, 4.69) is 0 Å². The molecule has 0 aliphatic heterocycles. The average molecular weight is 290 g/mol. The van der Waals surface area contributed by atoms with Crippen LogP contribution in [-0.4, -0.2) is 12.1 Å². The quantitative estimate of drug-likeness (QED) is 0.549. The van der Waals surface area contributed by atoms with Crippen molar-refractivity contribution in [2.24, 2.45) is 11.5 Å². The molecule has 114 valence electrons. The molecule has 1 fully saturated rings. The maximum Gasteiger partial charge on any atom is 0.416 e. The lowest BCUT2D eigenvalue weighted by molar-refractivity contribution is -0.137. The van der Waals surface area contributed by atoms with Crippen molar-refractivity contribution in [2.45, 2.75) is 43.9 Å². The zero-order chi connectivity index (χ0) is 15.3. The highest BCUT2D eigenvalue weighted by Gasteiger charge is 2.30. The van der Waals surface area contributed by atoms with Gasteiger partial charge in [-0.3, -0.25) is 0 Å². The first-order valence-electron chi connectivity index (χ1n) is 6.43. The van der Waals surface area contributed by atoms with Crippen molar-refractivity contribution < 1.29 is 13.2 Å². The van der Waals surface area contributed by atoms with E-state index >= 15 is 0 Å². The van der Waals surface area contributed by atoms with Crippen LogP contribution in [0.1, 0.15) is 31.2 Å². The summed E-state index contributed by atoms with van der Waals surface area (Å²) in [4.78, 5) is 0. The highest BCUT2D eigenvalue weighted by molar-refractivity contribution is 5.54. The van der Waals surface area contributed by atoms with Crippen LogP contribution in [0, 0.1) is 0 Å². The van der Waals surface area contributed by atoms with E-state index in [0.29, 0.717) is 12.1 Å². The van der Waals surface area contributed by atoms with Gasteiger partial charge in [-0.1, -0.05) is 0 Å². The summed E-state index contributed by atoms with van der Waals surface area (Å²) in [5.41, 5.74) is 20.8. The Hall–Kier alpha value is -1.47. The third-order valence-corrected chi connectivity index (χ3v) is 3.12. The van der Waals surface area contributed by atoms with Crippen LogP contribution in [0.25, 0.3) is 0 Å². The van der Waals surface area contributed by atoms with E-state index < -0.39 is 11.7 Å². The second-order valence-corrected chi connectivity index (χ2v) is 5.06. The van der Waals surface area contributed by atoms with Gasteiger partial charge in [0.25, 0.3) is 0 Å². The average Bonchev–Trinajstić information content (AvgIpc) is 2.31. The zero-order valence-corrected chi connectivity index (χ0v) is 11.2. The predicted molar refractivity (Wildman–Crippen MR) is 74.7 cm³/mol. The maximum atomic E-state index is 12.0. The SMILES string of the molecule is NC1CCC(N)CC1.Nc1cc(N)cc(C(F)(F)F)c1. The molecular weight excluding hydrogens is 269 g/mol. The minimum Gasteiger partial charge on any atom is -0.399 e. The Labute approximate surface area is 116 Å². The van der Waals surface area contributed by atoms with Gasteiger partial charge in [0.05, 0.1) is 5.56 Å². The first-order chi connectivity index (χ1) is 9.18. The first kappa shape index (κ1) is 16.6. The van der Waals surface area contributed by atoms with Crippen LogP contribution in [0.4, 0.5) is 24.5 Å². The van der Waals surface area contributed by atoms with Crippen molar-refractivity contribution in [3.8, 4) is 0 Å². The van der Waals surface area contributed by atoms with E-state index in [-0.39, 0.29) is 11.4 Å². The summed E-state index contributed by atoms with van der Waals surface area (Å²) in [5, 5.41) is 0. The van der Waals surface area contributed by atoms with Gasteiger partial charge in [0.15, 0.2) is 0 Å². The lowest BCUT2D eigenvalue weighted by atomic mass is 9.93. The number of halogens is 3. The fraction of sp³-hybridized carbons (Fsp3) is 0.538. The van der Waals surface area contributed by atoms with E-state index in [1.165, 1.54) is 6.07 Å². The summed E-state index contributed by atoms with van der Waals surface area (Å²) in [6, 6.07) is 3.84. The molecule has 4 nitrogen and oxygen atoms in total. The van der Waals surface area contributed by atoms with Crippen LogP contribution in [0.15, 0.2) is 18.2 Å².